The Labute approximate surface area is 124 Å². The molecule has 0 N–H and O–H groups in total. The van der Waals surface area contributed by atoms with Gasteiger partial charge in [0.2, 0.25) is 0 Å². The number of nitrogens with zero attached hydrogens (tertiary/aromatic N) is 1. The second kappa shape index (κ2) is 5.57. The van der Waals surface area contributed by atoms with E-state index in [4.69, 9.17) is 4.74 Å². The third-order valence-electron chi connectivity index (χ3n) is 5.96. The van der Waals surface area contributed by atoms with Crippen LogP contribution in [0, 0.1) is 16.7 Å². The monoisotopic (exact) mass is 281 g/mol. The molecule has 1 unspecified atom stereocenters. The number of amides is 1. The number of hydrogen-bond donors (Lipinski definition) is 0. The van der Waals surface area contributed by atoms with Gasteiger partial charge in [-0.2, -0.15) is 0 Å². The van der Waals surface area contributed by atoms with E-state index in [1.54, 1.807) is 0 Å². The number of hydrogen-bond acceptors (Lipinski definition) is 2. The van der Waals surface area contributed by atoms with Crippen LogP contribution in [0.3, 0.4) is 0 Å². The van der Waals surface area contributed by atoms with E-state index in [9.17, 15) is 4.79 Å². The average molecular weight is 281 g/mol. The maximum absolute atomic E-state index is 12.3. The fraction of sp³-hybridized carbons (Fsp3) is 0.941. The molecule has 3 nitrogen and oxygen atoms in total. The summed E-state index contributed by atoms with van der Waals surface area (Å²) in [5.41, 5.74) is 0.787. The Kier molecular flexibility index (Phi) is 4.36. The van der Waals surface area contributed by atoms with E-state index in [1.165, 1.54) is 26.4 Å². The summed E-state index contributed by atoms with van der Waals surface area (Å²) in [5, 5.41) is 0. The van der Waals surface area contributed by atoms with Gasteiger partial charge in [0.05, 0.1) is 7.11 Å². The molecule has 0 aromatic carbocycles. The van der Waals surface area contributed by atoms with Crippen molar-refractivity contribution in [3.8, 4) is 0 Å². The molecule has 2 saturated heterocycles. The van der Waals surface area contributed by atoms with Gasteiger partial charge in [0.1, 0.15) is 0 Å². The zero-order valence-electron chi connectivity index (χ0n) is 13.9. The molecule has 2 aliphatic heterocycles. The maximum Gasteiger partial charge on any atom is 0.409 e. The van der Waals surface area contributed by atoms with Gasteiger partial charge in [0.15, 0.2) is 0 Å². The van der Waals surface area contributed by atoms with E-state index < -0.39 is 0 Å². The molecule has 1 amide bonds. The molecule has 2 heterocycles. The molecule has 0 aromatic rings. The van der Waals surface area contributed by atoms with Gasteiger partial charge in [-0.15, -0.1) is 0 Å². The number of carbonyl (C=O) groups is 1. The topological polar surface area (TPSA) is 29.5 Å². The van der Waals surface area contributed by atoms with Crippen LogP contribution in [0.1, 0.15) is 66.2 Å². The Morgan fingerprint density at radius 1 is 1.30 bits per heavy atom. The lowest BCUT2D eigenvalue weighted by Crippen LogP contribution is -2.48. The second-order valence-electron chi connectivity index (χ2n) is 7.46. The van der Waals surface area contributed by atoms with E-state index in [1.807, 2.05) is 0 Å². The number of rotatable bonds is 4. The van der Waals surface area contributed by atoms with Gasteiger partial charge in [0, 0.05) is 12.6 Å². The highest BCUT2D eigenvalue weighted by molar-refractivity contribution is 5.68. The summed E-state index contributed by atoms with van der Waals surface area (Å²) in [6, 6.07) is 0.360. The minimum absolute atomic E-state index is 0.120. The number of carbonyl (C=O) groups excluding carboxylic acids is 1. The summed E-state index contributed by atoms with van der Waals surface area (Å²) >= 11 is 0. The fourth-order valence-electron chi connectivity index (χ4n) is 5.04. The molecule has 116 valence electrons. The van der Waals surface area contributed by atoms with Crippen LogP contribution in [0.4, 0.5) is 4.79 Å². The van der Waals surface area contributed by atoms with Crippen LogP contribution in [0.25, 0.3) is 0 Å². The molecule has 0 aromatic heterocycles. The van der Waals surface area contributed by atoms with E-state index in [2.05, 4.69) is 32.6 Å². The Balaban J connectivity index is 2.29. The van der Waals surface area contributed by atoms with Gasteiger partial charge in [-0.1, -0.05) is 40.5 Å². The summed E-state index contributed by atoms with van der Waals surface area (Å²) in [6.45, 7) is 10.1. The van der Waals surface area contributed by atoms with Crippen LogP contribution in [-0.2, 0) is 4.74 Å². The van der Waals surface area contributed by atoms with Crippen molar-refractivity contribution in [1.29, 1.82) is 0 Å². The summed E-state index contributed by atoms with van der Waals surface area (Å²) < 4.78 is 5.09. The highest BCUT2D eigenvalue weighted by Crippen LogP contribution is 2.61. The molecular weight excluding hydrogens is 250 g/mol. The van der Waals surface area contributed by atoms with Crippen LogP contribution in [0.15, 0.2) is 0 Å². The predicted molar refractivity (Wildman–Crippen MR) is 81.7 cm³/mol. The van der Waals surface area contributed by atoms with Gasteiger partial charge in [0.25, 0.3) is 0 Å². The zero-order valence-corrected chi connectivity index (χ0v) is 13.9. The Hall–Kier alpha value is -0.730. The molecule has 3 heteroatoms. The van der Waals surface area contributed by atoms with Crippen molar-refractivity contribution in [2.75, 3.05) is 13.7 Å². The van der Waals surface area contributed by atoms with Crippen LogP contribution < -0.4 is 0 Å². The first kappa shape index (κ1) is 15.7. The smallest absolute Gasteiger partial charge is 0.409 e. The molecule has 3 fully saturated rings. The number of methoxy groups -OCH3 is 1. The summed E-state index contributed by atoms with van der Waals surface area (Å²) in [7, 11) is 1.52. The minimum Gasteiger partial charge on any atom is -0.453 e. The molecule has 0 radical (unpaired) electrons. The molecular formula is C17H31NO2. The molecule has 2 bridgehead atoms. The molecule has 3 aliphatic rings. The average Bonchev–Trinajstić information content (AvgIpc) is 2.62. The Bertz CT molecular complexity index is 356. The van der Waals surface area contributed by atoms with Crippen molar-refractivity contribution in [2.24, 2.45) is 16.7 Å². The largest absolute Gasteiger partial charge is 0.453 e. The maximum atomic E-state index is 12.3. The predicted octanol–water partition coefficient (Wildman–Crippen LogP) is 4.46. The van der Waals surface area contributed by atoms with Crippen molar-refractivity contribution < 1.29 is 9.53 Å². The third-order valence-corrected chi connectivity index (χ3v) is 5.96. The first-order valence-electron chi connectivity index (χ1n) is 8.27. The first-order valence-corrected chi connectivity index (χ1v) is 8.27. The molecule has 1 saturated carbocycles. The quantitative estimate of drug-likeness (QED) is 0.761. The lowest BCUT2D eigenvalue weighted by molar-refractivity contribution is -0.0224. The molecule has 3 rings (SSSR count). The molecule has 0 spiro atoms. The van der Waals surface area contributed by atoms with Crippen LogP contribution in [-0.4, -0.2) is 30.7 Å². The molecule has 1 atom stereocenters. The summed E-state index contributed by atoms with van der Waals surface area (Å²) in [6.07, 6.45) is 7.04. The lowest BCUT2D eigenvalue weighted by atomic mass is 9.51. The first-order chi connectivity index (χ1) is 9.42. The number of fused-ring (bicyclic) bond motifs is 3. The second-order valence-corrected chi connectivity index (χ2v) is 7.46. The fourth-order valence-corrected chi connectivity index (χ4v) is 5.04. The number of ether oxygens (including phenoxy) is 1. The van der Waals surface area contributed by atoms with Crippen molar-refractivity contribution in [1.82, 2.24) is 4.90 Å². The normalized spacial score (nSPS) is 36.5. The van der Waals surface area contributed by atoms with Crippen molar-refractivity contribution in [2.45, 2.75) is 72.3 Å². The molecule has 1 aliphatic carbocycles. The van der Waals surface area contributed by atoms with Gasteiger partial charge in [-0.3, -0.25) is 0 Å². The van der Waals surface area contributed by atoms with Gasteiger partial charge in [-0.25, -0.2) is 4.79 Å². The van der Waals surface area contributed by atoms with Gasteiger partial charge in [-0.05, 0) is 42.4 Å². The van der Waals surface area contributed by atoms with Crippen LogP contribution in [0.2, 0.25) is 0 Å². The van der Waals surface area contributed by atoms with E-state index in [-0.39, 0.29) is 6.09 Å². The summed E-state index contributed by atoms with van der Waals surface area (Å²) in [5.74, 6) is 0.596. The highest BCUT2D eigenvalue weighted by atomic mass is 16.5. The Morgan fingerprint density at radius 2 is 1.90 bits per heavy atom. The van der Waals surface area contributed by atoms with E-state index in [0.29, 0.717) is 22.8 Å². The molecule has 20 heavy (non-hydrogen) atoms. The Morgan fingerprint density at radius 3 is 2.35 bits per heavy atom. The van der Waals surface area contributed by atoms with E-state index in [0.717, 1.165) is 25.8 Å². The minimum atomic E-state index is -0.120. The van der Waals surface area contributed by atoms with Gasteiger partial charge < -0.3 is 9.64 Å². The third kappa shape index (κ3) is 2.56. The highest BCUT2D eigenvalue weighted by Gasteiger charge is 2.57. The van der Waals surface area contributed by atoms with E-state index >= 15 is 0 Å². The van der Waals surface area contributed by atoms with Crippen molar-refractivity contribution in [3.05, 3.63) is 0 Å². The van der Waals surface area contributed by atoms with Crippen molar-refractivity contribution in [3.63, 3.8) is 0 Å². The van der Waals surface area contributed by atoms with Gasteiger partial charge >= 0.3 is 6.09 Å². The SMILES string of the molecule is CCC(CC)C1CC2(C)CC(CC)(CN1C(=O)OC)C2. The van der Waals surface area contributed by atoms with Crippen LogP contribution in [0.5, 0.6) is 0 Å². The lowest BCUT2D eigenvalue weighted by Gasteiger charge is -2.53. The van der Waals surface area contributed by atoms with Crippen LogP contribution >= 0.6 is 0 Å². The zero-order chi connectivity index (χ0) is 15.0. The standard InChI is InChI=1S/C17H31NO2/c1-6-13(7-2)14-9-16(4)10-17(8-3,11-16)12-18(14)15(19)20-5/h13-14H,6-12H2,1-5H3. The summed E-state index contributed by atoms with van der Waals surface area (Å²) in [4.78, 5) is 14.4. The van der Waals surface area contributed by atoms with Crippen molar-refractivity contribution >= 4 is 6.09 Å².